The molecule has 0 spiro atoms. The predicted molar refractivity (Wildman–Crippen MR) is 93.2 cm³/mol. The lowest BCUT2D eigenvalue weighted by atomic mass is 9.94. The molecule has 0 saturated carbocycles. The SMILES string of the molecule is Cc1cccn2c(=O)c(C(=O)NCC(CCO)CC(C)C)cnc12. The number of aryl methyl sites for hydroxylation is 1. The maximum absolute atomic E-state index is 12.5. The number of aliphatic hydroxyl groups excluding tert-OH is 1. The summed E-state index contributed by atoms with van der Waals surface area (Å²) in [6, 6.07) is 3.62. The Morgan fingerprint density at radius 2 is 2.17 bits per heavy atom. The molecule has 0 saturated heterocycles. The van der Waals surface area contributed by atoms with Crippen LogP contribution in [0.15, 0.2) is 29.3 Å². The van der Waals surface area contributed by atoms with Crippen LogP contribution in [0.1, 0.15) is 42.6 Å². The predicted octanol–water partition coefficient (Wildman–Crippen LogP) is 1.78. The third-order valence-corrected chi connectivity index (χ3v) is 4.07. The molecule has 0 aliphatic heterocycles. The first-order valence-electron chi connectivity index (χ1n) is 8.30. The van der Waals surface area contributed by atoms with E-state index in [9.17, 15) is 9.59 Å². The molecule has 0 fully saturated rings. The van der Waals surface area contributed by atoms with Gasteiger partial charge in [-0.2, -0.15) is 0 Å². The normalized spacial score (nSPS) is 12.5. The van der Waals surface area contributed by atoms with E-state index in [1.807, 2.05) is 13.0 Å². The average molecular weight is 331 g/mol. The first-order valence-corrected chi connectivity index (χ1v) is 8.30. The van der Waals surface area contributed by atoms with Gasteiger partial charge in [0.2, 0.25) is 0 Å². The van der Waals surface area contributed by atoms with E-state index in [1.54, 1.807) is 12.3 Å². The van der Waals surface area contributed by atoms with Gasteiger partial charge in [0.25, 0.3) is 11.5 Å². The highest BCUT2D eigenvalue weighted by Crippen LogP contribution is 2.14. The van der Waals surface area contributed by atoms with Gasteiger partial charge in [0, 0.05) is 25.5 Å². The lowest BCUT2D eigenvalue weighted by molar-refractivity contribution is 0.0939. The molecule has 2 aromatic heterocycles. The van der Waals surface area contributed by atoms with Crippen LogP contribution in [0.4, 0.5) is 0 Å². The van der Waals surface area contributed by atoms with Crippen molar-refractivity contribution in [2.45, 2.75) is 33.6 Å². The highest BCUT2D eigenvalue weighted by molar-refractivity contribution is 5.93. The van der Waals surface area contributed by atoms with Gasteiger partial charge in [-0.3, -0.25) is 14.0 Å². The largest absolute Gasteiger partial charge is 0.396 e. The molecule has 0 aliphatic rings. The summed E-state index contributed by atoms with van der Waals surface area (Å²) in [5, 5.41) is 12.0. The van der Waals surface area contributed by atoms with E-state index < -0.39 is 5.91 Å². The van der Waals surface area contributed by atoms with Crippen LogP contribution in [0.5, 0.6) is 0 Å². The first-order chi connectivity index (χ1) is 11.4. The Morgan fingerprint density at radius 1 is 1.42 bits per heavy atom. The van der Waals surface area contributed by atoms with Gasteiger partial charge in [-0.15, -0.1) is 0 Å². The molecule has 24 heavy (non-hydrogen) atoms. The second-order valence-electron chi connectivity index (χ2n) is 6.58. The Balaban J connectivity index is 2.16. The fourth-order valence-electron chi connectivity index (χ4n) is 2.89. The van der Waals surface area contributed by atoms with Crippen LogP contribution >= 0.6 is 0 Å². The molecule has 0 aromatic carbocycles. The van der Waals surface area contributed by atoms with Crippen LogP contribution in [-0.4, -0.2) is 33.6 Å². The second kappa shape index (κ2) is 8.06. The molecule has 0 aliphatic carbocycles. The van der Waals surface area contributed by atoms with Crippen LogP contribution in [0.3, 0.4) is 0 Å². The molecule has 6 nitrogen and oxygen atoms in total. The van der Waals surface area contributed by atoms with Crippen LogP contribution < -0.4 is 10.9 Å². The van der Waals surface area contributed by atoms with Crippen molar-refractivity contribution in [3.05, 3.63) is 46.0 Å². The number of carbonyl (C=O) groups is 1. The standard InChI is InChI=1S/C18H25N3O3/c1-12(2)9-14(6-8-22)10-20-17(23)15-11-19-16-13(3)5-4-7-21(16)18(15)24/h4-5,7,11-12,14,22H,6,8-10H2,1-3H3,(H,20,23). The Kier molecular flexibility index (Phi) is 6.09. The second-order valence-corrected chi connectivity index (χ2v) is 6.58. The fraction of sp³-hybridized carbons (Fsp3) is 0.500. The lowest BCUT2D eigenvalue weighted by Gasteiger charge is -2.18. The van der Waals surface area contributed by atoms with E-state index >= 15 is 0 Å². The van der Waals surface area contributed by atoms with E-state index in [-0.39, 0.29) is 23.6 Å². The molecule has 6 heteroatoms. The Bertz CT molecular complexity index is 768. The quantitative estimate of drug-likeness (QED) is 0.810. The van der Waals surface area contributed by atoms with Gasteiger partial charge in [0.15, 0.2) is 0 Å². The number of amides is 1. The zero-order chi connectivity index (χ0) is 17.7. The summed E-state index contributed by atoms with van der Waals surface area (Å²) in [5.74, 6) is 0.252. The Morgan fingerprint density at radius 3 is 2.83 bits per heavy atom. The minimum atomic E-state index is -0.421. The Hall–Kier alpha value is -2.21. The molecule has 2 N–H and O–H groups in total. The number of aromatic nitrogens is 2. The van der Waals surface area contributed by atoms with Gasteiger partial charge in [0.05, 0.1) is 0 Å². The van der Waals surface area contributed by atoms with E-state index in [2.05, 4.69) is 24.1 Å². The van der Waals surface area contributed by atoms with Gasteiger partial charge in [-0.25, -0.2) is 4.98 Å². The van der Waals surface area contributed by atoms with Crippen LogP contribution in [0, 0.1) is 18.8 Å². The maximum Gasteiger partial charge on any atom is 0.270 e. The lowest BCUT2D eigenvalue weighted by Crippen LogP contribution is -2.35. The minimum absolute atomic E-state index is 0.0328. The third-order valence-electron chi connectivity index (χ3n) is 4.07. The topological polar surface area (TPSA) is 83.7 Å². The molecule has 2 aromatic rings. The number of nitrogens with zero attached hydrogens (tertiary/aromatic N) is 2. The number of rotatable bonds is 7. The zero-order valence-electron chi connectivity index (χ0n) is 14.5. The highest BCUT2D eigenvalue weighted by atomic mass is 16.3. The summed E-state index contributed by atoms with van der Waals surface area (Å²) < 4.78 is 1.39. The number of aliphatic hydroxyl groups is 1. The van der Waals surface area contributed by atoms with Crippen molar-refractivity contribution < 1.29 is 9.90 Å². The summed E-state index contributed by atoms with van der Waals surface area (Å²) in [4.78, 5) is 29.1. The molecular weight excluding hydrogens is 306 g/mol. The Labute approximate surface area is 141 Å². The highest BCUT2D eigenvalue weighted by Gasteiger charge is 2.16. The van der Waals surface area contributed by atoms with Crippen LogP contribution in [-0.2, 0) is 0 Å². The van der Waals surface area contributed by atoms with Gasteiger partial charge in [0.1, 0.15) is 11.2 Å². The molecule has 1 atom stereocenters. The van der Waals surface area contributed by atoms with Crippen LogP contribution in [0.25, 0.3) is 5.65 Å². The zero-order valence-corrected chi connectivity index (χ0v) is 14.5. The van der Waals surface area contributed by atoms with Gasteiger partial charge in [-0.1, -0.05) is 19.9 Å². The van der Waals surface area contributed by atoms with Crippen molar-refractivity contribution in [2.24, 2.45) is 11.8 Å². The minimum Gasteiger partial charge on any atom is -0.396 e. The summed E-state index contributed by atoms with van der Waals surface area (Å²) in [6.45, 7) is 6.61. The van der Waals surface area contributed by atoms with Crippen molar-refractivity contribution in [3.8, 4) is 0 Å². The number of carbonyl (C=O) groups excluding carboxylic acids is 1. The maximum atomic E-state index is 12.5. The van der Waals surface area contributed by atoms with Crippen molar-refractivity contribution in [2.75, 3.05) is 13.2 Å². The smallest absolute Gasteiger partial charge is 0.270 e. The van der Waals surface area contributed by atoms with Crippen molar-refractivity contribution in [1.29, 1.82) is 0 Å². The van der Waals surface area contributed by atoms with E-state index in [0.29, 0.717) is 24.5 Å². The number of hydrogen-bond acceptors (Lipinski definition) is 4. The summed E-state index contributed by atoms with van der Waals surface area (Å²) >= 11 is 0. The number of pyridine rings is 1. The molecule has 1 amide bonds. The molecule has 2 rings (SSSR count). The molecule has 1 unspecified atom stereocenters. The van der Waals surface area contributed by atoms with Gasteiger partial charge in [-0.05, 0) is 43.2 Å². The molecule has 0 radical (unpaired) electrons. The number of nitrogens with one attached hydrogen (secondary N) is 1. The summed E-state index contributed by atoms with van der Waals surface area (Å²) in [5.41, 5.74) is 1.09. The first kappa shape index (κ1) is 18.1. The summed E-state index contributed by atoms with van der Waals surface area (Å²) in [6.07, 6.45) is 4.49. The number of fused-ring (bicyclic) bond motifs is 1. The fourth-order valence-corrected chi connectivity index (χ4v) is 2.89. The van der Waals surface area contributed by atoms with Gasteiger partial charge < -0.3 is 10.4 Å². The van der Waals surface area contributed by atoms with Crippen molar-refractivity contribution >= 4 is 11.6 Å². The molecule has 2 heterocycles. The van der Waals surface area contributed by atoms with Crippen molar-refractivity contribution in [3.63, 3.8) is 0 Å². The van der Waals surface area contributed by atoms with Crippen molar-refractivity contribution in [1.82, 2.24) is 14.7 Å². The van der Waals surface area contributed by atoms with Crippen LogP contribution in [0.2, 0.25) is 0 Å². The van der Waals surface area contributed by atoms with E-state index in [1.165, 1.54) is 10.6 Å². The van der Waals surface area contributed by atoms with Gasteiger partial charge >= 0.3 is 0 Å². The third kappa shape index (κ3) is 4.20. The van der Waals surface area contributed by atoms with E-state index in [0.717, 1.165) is 12.0 Å². The molecular formula is C18H25N3O3. The summed E-state index contributed by atoms with van der Waals surface area (Å²) in [7, 11) is 0. The average Bonchev–Trinajstić information content (AvgIpc) is 2.53. The monoisotopic (exact) mass is 331 g/mol. The number of hydrogen-bond donors (Lipinski definition) is 2. The molecule has 130 valence electrons. The van der Waals surface area contributed by atoms with E-state index in [4.69, 9.17) is 5.11 Å². The molecule has 0 bridgehead atoms.